The number of hydrogen-bond acceptors (Lipinski definition) is 3. The van der Waals surface area contributed by atoms with E-state index in [-0.39, 0.29) is 5.60 Å². The predicted molar refractivity (Wildman–Crippen MR) is 77.5 cm³/mol. The standard InChI is InChI=1S/C16H30N2O/c1-12-3-5-13(6-4-12)15(18-17)14-7-10-19-16(11-14)8-2-9-16/h12-15,18H,2-11,17H2,1H3. The molecule has 3 fully saturated rings. The molecule has 3 heteroatoms. The lowest BCUT2D eigenvalue weighted by atomic mass is 9.67. The van der Waals surface area contributed by atoms with E-state index in [1.807, 2.05) is 0 Å². The zero-order valence-electron chi connectivity index (χ0n) is 12.4. The van der Waals surface area contributed by atoms with Gasteiger partial charge in [-0.2, -0.15) is 0 Å². The van der Waals surface area contributed by atoms with Crippen LogP contribution in [0.1, 0.15) is 64.7 Å². The summed E-state index contributed by atoms with van der Waals surface area (Å²) in [5.41, 5.74) is 3.44. The second-order valence-corrected chi connectivity index (χ2v) is 7.35. The molecule has 2 saturated carbocycles. The molecule has 3 N–H and O–H groups in total. The topological polar surface area (TPSA) is 47.3 Å². The smallest absolute Gasteiger partial charge is 0.0685 e. The van der Waals surface area contributed by atoms with Crippen molar-refractivity contribution in [2.45, 2.75) is 76.4 Å². The maximum atomic E-state index is 6.06. The van der Waals surface area contributed by atoms with Crippen LogP contribution in [0.25, 0.3) is 0 Å². The van der Waals surface area contributed by atoms with Gasteiger partial charge < -0.3 is 4.74 Å². The van der Waals surface area contributed by atoms with Gasteiger partial charge in [-0.15, -0.1) is 0 Å². The average Bonchev–Trinajstić information content (AvgIpc) is 2.40. The Morgan fingerprint density at radius 3 is 2.42 bits per heavy atom. The molecule has 2 aliphatic carbocycles. The fraction of sp³-hybridized carbons (Fsp3) is 1.00. The minimum atomic E-state index is 0.250. The van der Waals surface area contributed by atoms with Crippen molar-refractivity contribution in [1.29, 1.82) is 0 Å². The molecule has 0 radical (unpaired) electrons. The number of rotatable bonds is 3. The van der Waals surface area contributed by atoms with Gasteiger partial charge in [0.2, 0.25) is 0 Å². The molecule has 2 unspecified atom stereocenters. The van der Waals surface area contributed by atoms with Gasteiger partial charge >= 0.3 is 0 Å². The summed E-state index contributed by atoms with van der Waals surface area (Å²) in [5.74, 6) is 8.37. The van der Waals surface area contributed by atoms with Crippen molar-refractivity contribution in [1.82, 2.24) is 5.43 Å². The second-order valence-electron chi connectivity index (χ2n) is 7.35. The number of nitrogens with one attached hydrogen (secondary N) is 1. The van der Waals surface area contributed by atoms with Gasteiger partial charge in [-0.3, -0.25) is 11.3 Å². The molecular weight excluding hydrogens is 236 g/mol. The zero-order valence-corrected chi connectivity index (χ0v) is 12.4. The molecule has 0 aromatic carbocycles. The van der Waals surface area contributed by atoms with Gasteiger partial charge in [-0.1, -0.05) is 19.8 Å². The molecule has 19 heavy (non-hydrogen) atoms. The summed E-state index contributed by atoms with van der Waals surface area (Å²) in [6.45, 7) is 3.34. The second kappa shape index (κ2) is 5.71. The van der Waals surface area contributed by atoms with Crippen LogP contribution in [0.4, 0.5) is 0 Å². The third kappa shape index (κ3) is 2.84. The molecule has 2 atom stereocenters. The molecule has 1 saturated heterocycles. The maximum Gasteiger partial charge on any atom is 0.0685 e. The van der Waals surface area contributed by atoms with Crippen molar-refractivity contribution >= 4 is 0 Å². The van der Waals surface area contributed by atoms with Crippen LogP contribution in [0.2, 0.25) is 0 Å². The summed E-state index contributed by atoms with van der Waals surface area (Å²) < 4.78 is 6.06. The van der Waals surface area contributed by atoms with E-state index in [4.69, 9.17) is 10.6 Å². The minimum Gasteiger partial charge on any atom is -0.375 e. The summed E-state index contributed by atoms with van der Waals surface area (Å²) in [5, 5.41) is 0. The van der Waals surface area contributed by atoms with Crippen molar-refractivity contribution in [2.75, 3.05) is 6.61 Å². The quantitative estimate of drug-likeness (QED) is 0.610. The predicted octanol–water partition coefficient (Wildman–Crippen LogP) is 2.99. The number of hydrazine groups is 1. The molecule has 1 heterocycles. The highest BCUT2D eigenvalue weighted by molar-refractivity contribution is 4.97. The highest BCUT2D eigenvalue weighted by Gasteiger charge is 2.45. The van der Waals surface area contributed by atoms with Gasteiger partial charge in [0.15, 0.2) is 0 Å². The van der Waals surface area contributed by atoms with Crippen molar-refractivity contribution in [3.63, 3.8) is 0 Å². The van der Waals surface area contributed by atoms with Crippen molar-refractivity contribution in [3.05, 3.63) is 0 Å². The monoisotopic (exact) mass is 266 g/mol. The molecular formula is C16H30N2O. The minimum absolute atomic E-state index is 0.250. The molecule has 110 valence electrons. The van der Waals surface area contributed by atoms with Crippen molar-refractivity contribution in [3.8, 4) is 0 Å². The summed E-state index contributed by atoms with van der Waals surface area (Å²) >= 11 is 0. The Balaban J connectivity index is 1.61. The van der Waals surface area contributed by atoms with Crippen LogP contribution < -0.4 is 11.3 Å². The molecule has 3 nitrogen and oxygen atoms in total. The number of nitrogens with two attached hydrogens (primary N) is 1. The maximum absolute atomic E-state index is 6.06. The van der Waals surface area contributed by atoms with E-state index in [1.165, 1.54) is 57.8 Å². The normalized spacial score (nSPS) is 39.8. The van der Waals surface area contributed by atoms with E-state index < -0.39 is 0 Å². The first kappa shape index (κ1) is 13.8. The summed E-state index contributed by atoms with van der Waals surface area (Å²) in [7, 11) is 0. The number of ether oxygens (including phenoxy) is 1. The van der Waals surface area contributed by atoms with Crippen LogP contribution >= 0.6 is 0 Å². The van der Waals surface area contributed by atoms with E-state index in [1.54, 1.807) is 0 Å². The van der Waals surface area contributed by atoms with Crippen LogP contribution in [-0.2, 0) is 4.74 Å². The highest BCUT2D eigenvalue weighted by Crippen LogP contribution is 2.46. The van der Waals surface area contributed by atoms with E-state index in [2.05, 4.69) is 12.3 Å². The molecule has 3 rings (SSSR count). The van der Waals surface area contributed by atoms with Crippen molar-refractivity contribution < 1.29 is 4.74 Å². The Morgan fingerprint density at radius 1 is 1.11 bits per heavy atom. The van der Waals surface area contributed by atoms with E-state index in [9.17, 15) is 0 Å². The number of hydrogen-bond donors (Lipinski definition) is 2. The Bertz CT molecular complexity index is 295. The largest absolute Gasteiger partial charge is 0.375 e. The first-order valence-electron chi connectivity index (χ1n) is 8.32. The lowest BCUT2D eigenvalue weighted by Crippen LogP contribution is -2.54. The first-order chi connectivity index (χ1) is 9.22. The third-order valence-electron chi connectivity index (χ3n) is 6.06. The fourth-order valence-electron chi connectivity index (χ4n) is 4.59. The molecule has 1 spiro atoms. The van der Waals surface area contributed by atoms with Gasteiger partial charge in [0, 0.05) is 12.6 Å². The lowest BCUT2D eigenvalue weighted by molar-refractivity contribution is -0.149. The summed E-state index contributed by atoms with van der Waals surface area (Å²) in [4.78, 5) is 0. The zero-order chi connectivity index (χ0) is 13.3. The van der Waals surface area contributed by atoms with Crippen LogP contribution in [0.15, 0.2) is 0 Å². The van der Waals surface area contributed by atoms with Crippen LogP contribution in [-0.4, -0.2) is 18.2 Å². The highest BCUT2D eigenvalue weighted by atomic mass is 16.5. The van der Waals surface area contributed by atoms with Gasteiger partial charge in [0.05, 0.1) is 5.60 Å². The third-order valence-corrected chi connectivity index (χ3v) is 6.06. The van der Waals surface area contributed by atoms with Gasteiger partial charge in [0.25, 0.3) is 0 Å². The molecule has 3 aliphatic rings. The van der Waals surface area contributed by atoms with E-state index >= 15 is 0 Å². The molecule has 0 bridgehead atoms. The Kier molecular flexibility index (Phi) is 4.16. The Morgan fingerprint density at radius 2 is 1.84 bits per heavy atom. The lowest BCUT2D eigenvalue weighted by Gasteiger charge is -2.50. The molecule has 0 aromatic heterocycles. The summed E-state index contributed by atoms with van der Waals surface area (Å²) in [6, 6.07) is 0.522. The van der Waals surface area contributed by atoms with E-state index in [0.717, 1.165) is 24.4 Å². The van der Waals surface area contributed by atoms with Gasteiger partial charge in [0.1, 0.15) is 0 Å². The van der Waals surface area contributed by atoms with Gasteiger partial charge in [-0.05, 0) is 62.7 Å². The average molecular weight is 266 g/mol. The molecule has 1 aliphatic heterocycles. The van der Waals surface area contributed by atoms with Crippen LogP contribution in [0.5, 0.6) is 0 Å². The van der Waals surface area contributed by atoms with E-state index in [0.29, 0.717) is 6.04 Å². The van der Waals surface area contributed by atoms with Crippen LogP contribution in [0.3, 0.4) is 0 Å². The molecule has 0 amide bonds. The van der Waals surface area contributed by atoms with Crippen molar-refractivity contribution in [2.24, 2.45) is 23.6 Å². The van der Waals surface area contributed by atoms with Gasteiger partial charge in [-0.25, -0.2) is 0 Å². The van der Waals surface area contributed by atoms with Crippen LogP contribution in [0, 0.1) is 17.8 Å². The Labute approximate surface area is 117 Å². The molecule has 0 aromatic rings. The Hall–Kier alpha value is -0.120. The fourth-order valence-corrected chi connectivity index (χ4v) is 4.59. The first-order valence-corrected chi connectivity index (χ1v) is 8.32. The SMILES string of the molecule is CC1CCC(C(NN)C2CCOC3(CCC3)C2)CC1. The summed E-state index contributed by atoms with van der Waals surface area (Å²) in [6.07, 6.45) is 11.9.